The van der Waals surface area contributed by atoms with Crippen molar-refractivity contribution in [2.75, 3.05) is 0 Å². The Hall–Kier alpha value is -1.13. The number of hydrogen-bond donors (Lipinski definition) is 1. The molecule has 1 aromatic rings. The van der Waals surface area contributed by atoms with Gasteiger partial charge >= 0.3 is 5.69 Å². The molecule has 5 heteroatoms. The first-order valence-corrected chi connectivity index (χ1v) is 4.73. The highest BCUT2D eigenvalue weighted by Crippen LogP contribution is 2.32. The number of H-pyrrole nitrogens is 1. The molecule has 0 atom stereocenters. The van der Waals surface area contributed by atoms with E-state index < -0.39 is 0 Å². The van der Waals surface area contributed by atoms with Crippen molar-refractivity contribution < 1.29 is 0 Å². The number of hydrogen-bond acceptors (Lipinski definition) is 3. The highest BCUT2D eigenvalue weighted by Gasteiger charge is 2.31. The monoisotopic (exact) mass is 182 g/mol. The maximum Gasteiger partial charge on any atom is 0.361 e. The van der Waals surface area contributed by atoms with Gasteiger partial charge in [-0.2, -0.15) is 4.68 Å². The van der Waals surface area contributed by atoms with E-state index >= 15 is 0 Å². The summed E-state index contributed by atoms with van der Waals surface area (Å²) in [5.74, 6) is 0. The number of aromatic nitrogens is 4. The summed E-state index contributed by atoms with van der Waals surface area (Å²) in [5, 5.41) is 9.66. The Bertz CT molecular complexity index is 334. The second-order valence-corrected chi connectivity index (χ2v) is 3.98. The fraction of sp³-hybridized carbons (Fsp3) is 0.875. The lowest BCUT2D eigenvalue weighted by Crippen LogP contribution is -2.40. The van der Waals surface area contributed by atoms with Crippen LogP contribution in [0.15, 0.2) is 4.79 Å². The summed E-state index contributed by atoms with van der Waals surface area (Å²) < 4.78 is 1.49. The topological polar surface area (TPSA) is 63.6 Å². The smallest absolute Gasteiger partial charge is 0.244 e. The normalized spacial score (nSPS) is 21.6. The summed E-state index contributed by atoms with van der Waals surface area (Å²) in [6.07, 6.45) is 5.67. The second kappa shape index (κ2) is 2.97. The van der Waals surface area contributed by atoms with Gasteiger partial charge in [-0.15, -0.1) is 0 Å². The zero-order valence-corrected chi connectivity index (χ0v) is 7.79. The van der Waals surface area contributed by atoms with Gasteiger partial charge in [0.05, 0.1) is 5.54 Å². The molecule has 0 spiro atoms. The van der Waals surface area contributed by atoms with Crippen LogP contribution in [0.25, 0.3) is 0 Å². The van der Waals surface area contributed by atoms with Crippen LogP contribution in [0, 0.1) is 0 Å². The highest BCUT2D eigenvalue weighted by molar-refractivity contribution is 4.83. The van der Waals surface area contributed by atoms with Gasteiger partial charge in [-0.05, 0) is 30.2 Å². The van der Waals surface area contributed by atoms with Crippen molar-refractivity contribution in [3.05, 3.63) is 10.5 Å². The zero-order valence-electron chi connectivity index (χ0n) is 7.79. The highest BCUT2D eigenvalue weighted by atomic mass is 16.2. The van der Waals surface area contributed by atoms with Gasteiger partial charge in [-0.1, -0.05) is 19.3 Å². The molecule has 0 saturated heterocycles. The minimum atomic E-state index is -0.190. The third-order valence-corrected chi connectivity index (χ3v) is 2.91. The van der Waals surface area contributed by atoms with Crippen molar-refractivity contribution in [1.82, 2.24) is 20.2 Å². The molecule has 0 aliphatic heterocycles. The van der Waals surface area contributed by atoms with Crippen LogP contribution in [0.1, 0.15) is 39.0 Å². The Balaban J connectivity index is 2.33. The quantitative estimate of drug-likeness (QED) is 0.693. The van der Waals surface area contributed by atoms with Crippen LogP contribution in [0.3, 0.4) is 0 Å². The summed E-state index contributed by atoms with van der Waals surface area (Å²) in [5.41, 5.74) is -0.299. The molecule has 1 aliphatic rings. The Labute approximate surface area is 76.1 Å². The van der Waals surface area contributed by atoms with Gasteiger partial charge in [0.25, 0.3) is 0 Å². The number of tetrazole rings is 1. The van der Waals surface area contributed by atoms with E-state index in [1.807, 2.05) is 0 Å². The molecular weight excluding hydrogens is 168 g/mol. The Morgan fingerprint density at radius 1 is 1.38 bits per heavy atom. The van der Waals surface area contributed by atoms with Gasteiger partial charge in [0.15, 0.2) is 0 Å². The molecule has 0 unspecified atom stereocenters. The fourth-order valence-corrected chi connectivity index (χ4v) is 2.08. The molecule has 0 amide bonds. The summed E-state index contributed by atoms with van der Waals surface area (Å²) in [6.45, 7) is 2.08. The summed E-state index contributed by atoms with van der Waals surface area (Å²) in [7, 11) is 0. The summed E-state index contributed by atoms with van der Waals surface area (Å²) >= 11 is 0. The molecule has 72 valence electrons. The van der Waals surface area contributed by atoms with Gasteiger partial charge in [-0.3, -0.25) is 0 Å². The van der Waals surface area contributed by atoms with E-state index in [9.17, 15) is 4.79 Å². The minimum Gasteiger partial charge on any atom is -0.244 e. The average molecular weight is 182 g/mol. The van der Waals surface area contributed by atoms with Crippen LogP contribution in [0.2, 0.25) is 0 Å². The molecule has 1 N–H and O–H groups in total. The van der Waals surface area contributed by atoms with Crippen molar-refractivity contribution in [2.24, 2.45) is 0 Å². The molecule has 0 aromatic carbocycles. The molecule has 1 aromatic heterocycles. The molecule has 2 rings (SSSR count). The maximum atomic E-state index is 11.3. The Morgan fingerprint density at radius 3 is 2.62 bits per heavy atom. The predicted molar refractivity (Wildman–Crippen MR) is 47.4 cm³/mol. The van der Waals surface area contributed by atoms with Crippen LogP contribution < -0.4 is 5.69 Å². The lowest BCUT2D eigenvalue weighted by molar-refractivity contribution is 0.189. The fourth-order valence-electron chi connectivity index (χ4n) is 2.08. The first kappa shape index (κ1) is 8.47. The molecule has 0 bridgehead atoms. The number of aromatic amines is 1. The van der Waals surface area contributed by atoms with Crippen molar-refractivity contribution in [1.29, 1.82) is 0 Å². The Kier molecular flexibility index (Phi) is 1.94. The molecule has 13 heavy (non-hydrogen) atoms. The standard InChI is InChI=1S/C8H14N4O/c1-8(5-3-2-4-6-8)12-7(13)9-10-11-12/h2-6H2,1H3,(H,9,11,13). The van der Waals surface area contributed by atoms with Crippen molar-refractivity contribution in [3.8, 4) is 0 Å². The van der Waals surface area contributed by atoms with Gasteiger partial charge in [0.1, 0.15) is 0 Å². The summed E-state index contributed by atoms with van der Waals surface area (Å²) in [6, 6.07) is 0. The molecule has 1 heterocycles. The van der Waals surface area contributed by atoms with E-state index in [-0.39, 0.29) is 11.2 Å². The molecule has 0 radical (unpaired) electrons. The number of nitrogens with one attached hydrogen (secondary N) is 1. The molecule has 1 fully saturated rings. The molecular formula is C8H14N4O. The van der Waals surface area contributed by atoms with E-state index in [1.165, 1.54) is 23.9 Å². The predicted octanol–water partition coefficient (Wildman–Crippen LogP) is 0.646. The first-order chi connectivity index (χ1) is 6.22. The van der Waals surface area contributed by atoms with Crippen molar-refractivity contribution in [3.63, 3.8) is 0 Å². The summed E-state index contributed by atoms with van der Waals surface area (Å²) in [4.78, 5) is 11.3. The molecule has 1 aliphatic carbocycles. The van der Waals surface area contributed by atoms with Crippen LogP contribution in [-0.2, 0) is 5.54 Å². The van der Waals surface area contributed by atoms with E-state index in [4.69, 9.17) is 0 Å². The van der Waals surface area contributed by atoms with Crippen molar-refractivity contribution in [2.45, 2.75) is 44.6 Å². The third kappa shape index (κ3) is 1.38. The van der Waals surface area contributed by atoms with E-state index in [2.05, 4.69) is 22.4 Å². The van der Waals surface area contributed by atoms with Crippen LogP contribution >= 0.6 is 0 Å². The molecule has 1 saturated carbocycles. The van der Waals surface area contributed by atoms with Crippen molar-refractivity contribution >= 4 is 0 Å². The number of nitrogens with zero attached hydrogens (tertiary/aromatic N) is 3. The average Bonchev–Trinajstić information content (AvgIpc) is 2.53. The zero-order chi connectivity index (χ0) is 9.31. The van der Waals surface area contributed by atoms with Crippen LogP contribution in [0.4, 0.5) is 0 Å². The maximum absolute atomic E-state index is 11.3. The number of rotatable bonds is 1. The van der Waals surface area contributed by atoms with Crippen LogP contribution in [0.5, 0.6) is 0 Å². The third-order valence-electron chi connectivity index (χ3n) is 2.91. The molecule has 5 nitrogen and oxygen atoms in total. The largest absolute Gasteiger partial charge is 0.361 e. The van der Waals surface area contributed by atoms with E-state index in [0.29, 0.717) is 0 Å². The lowest BCUT2D eigenvalue weighted by Gasteiger charge is -2.31. The van der Waals surface area contributed by atoms with E-state index in [1.54, 1.807) is 0 Å². The lowest BCUT2D eigenvalue weighted by atomic mass is 9.83. The van der Waals surface area contributed by atoms with E-state index in [0.717, 1.165) is 12.8 Å². The van der Waals surface area contributed by atoms with Gasteiger partial charge in [0.2, 0.25) is 0 Å². The second-order valence-electron chi connectivity index (χ2n) is 3.98. The van der Waals surface area contributed by atoms with Gasteiger partial charge in [-0.25, -0.2) is 9.89 Å². The Morgan fingerprint density at radius 2 is 2.08 bits per heavy atom. The van der Waals surface area contributed by atoms with Gasteiger partial charge in [0, 0.05) is 0 Å². The minimum absolute atomic E-state index is 0.109. The first-order valence-electron chi connectivity index (χ1n) is 4.73. The SMILES string of the molecule is CC1(n2nn[nH]c2=O)CCCCC1. The van der Waals surface area contributed by atoms with Gasteiger partial charge < -0.3 is 0 Å². The van der Waals surface area contributed by atoms with Crippen LogP contribution in [-0.4, -0.2) is 20.2 Å².